The molecule has 1 heterocycles. The molecule has 10 heteroatoms. The molecule has 1 saturated carbocycles. The lowest BCUT2D eigenvalue weighted by atomic mass is 9.81. The number of rotatable bonds is 5. The van der Waals surface area contributed by atoms with Crippen molar-refractivity contribution in [2.75, 3.05) is 17.3 Å². The van der Waals surface area contributed by atoms with Crippen LogP contribution in [0.4, 0.5) is 23.2 Å². The van der Waals surface area contributed by atoms with Crippen LogP contribution in [0.2, 0.25) is 0 Å². The highest BCUT2D eigenvalue weighted by molar-refractivity contribution is 7.98. The monoisotopic (exact) mass is 418 g/mol. The summed E-state index contributed by atoms with van der Waals surface area (Å²) >= 11 is 1.14. The van der Waals surface area contributed by atoms with E-state index in [-0.39, 0.29) is 11.8 Å². The number of likely N-dealkylation sites (tertiary alicyclic amines) is 1. The van der Waals surface area contributed by atoms with Gasteiger partial charge in [0.25, 0.3) is 0 Å². The van der Waals surface area contributed by atoms with Crippen molar-refractivity contribution in [2.45, 2.75) is 31.7 Å². The number of thioether (sulfide) groups is 1. The van der Waals surface area contributed by atoms with Crippen molar-refractivity contribution in [2.24, 2.45) is 11.8 Å². The number of hydrogen-bond donors (Lipinski definition) is 1. The maximum Gasteiger partial charge on any atom is 0.248 e. The van der Waals surface area contributed by atoms with Crippen LogP contribution in [0.15, 0.2) is 6.07 Å². The van der Waals surface area contributed by atoms with Crippen molar-refractivity contribution in [3.63, 3.8) is 0 Å². The summed E-state index contributed by atoms with van der Waals surface area (Å²) in [6.45, 7) is 0. The summed E-state index contributed by atoms with van der Waals surface area (Å²) in [6, 6.07) is -1.32. The van der Waals surface area contributed by atoms with E-state index in [0.717, 1.165) is 29.5 Å². The SMILES string of the molecule is CSC[C@H](C(=O)Nc1c(F)c(F)cc(F)c1F)N1C(=O)[C@H]2CCCC[C@@H]2C1=O. The Bertz CT molecular complexity index is 785. The zero-order chi connectivity index (χ0) is 20.6. The first-order valence-electron chi connectivity index (χ1n) is 8.77. The number of carbonyl (C=O) groups excluding carboxylic acids is 3. The predicted molar refractivity (Wildman–Crippen MR) is 94.4 cm³/mol. The van der Waals surface area contributed by atoms with Crippen LogP contribution in [0.3, 0.4) is 0 Å². The van der Waals surface area contributed by atoms with Crippen molar-refractivity contribution in [1.82, 2.24) is 4.90 Å². The maximum atomic E-state index is 13.9. The van der Waals surface area contributed by atoms with Crippen LogP contribution in [0.25, 0.3) is 0 Å². The number of imide groups is 1. The molecule has 1 N–H and O–H groups in total. The summed E-state index contributed by atoms with van der Waals surface area (Å²) < 4.78 is 54.5. The summed E-state index contributed by atoms with van der Waals surface area (Å²) in [5, 5.41) is 1.82. The van der Waals surface area contributed by atoms with Crippen molar-refractivity contribution >= 4 is 35.2 Å². The van der Waals surface area contributed by atoms with Crippen LogP contribution in [0.5, 0.6) is 0 Å². The normalized spacial score (nSPS) is 23.0. The molecule has 1 aliphatic heterocycles. The van der Waals surface area contributed by atoms with Gasteiger partial charge in [-0.05, 0) is 19.1 Å². The second-order valence-corrected chi connectivity index (χ2v) is 7.76. The van der Waals surface area contributed by atoms with Crippen LogP contribution in [-0.4, -0.2) is 40.7 Å². The lowest BCUT2D eigenvalue weighted by molar-refractivity contribution is -0.145. The van der Waals surface area contributed by atoms with Crippen LogP contribution < -0.4 is 5.32 Å². The highest BCUT2D eigenvalue weighted by Gasteiger charge is 2.51. The zero-order valence-electron chi connectivity index (χ0n) is 14.9. The van der Waals surface area contributed by atoms with E-state index in [1.54, 1.807) is 6.26 Å². The van der Waals surface area contributed by atoms with E-state index in [2.05, 4.69) is 0 Å². The van der Waals surface area contributed by atoms with Gasteiger partial charge >= 0.3 is 0 Å². The number of fused-ring (bicyclic) bond motifs is 1. The van der Waals surface area contributed by atoms with E-state index in [4.69, 9.17) is 0 Å². The standard InChI is InChI=1S/C18H18F4N2O3S/c1-28-7-12(24-17(26)8-4-2-3-5-9(8)18(24)27)16(25)23-15-13(21)10(19)6-11(20)14(15)22/h6,8-9,12H,2-5,7H2,1H3,(H,23,25)/t8-,9-,12+/m0/s1. The summed E-state index contributed by atoms with van der Waals surface area (Å²) in [6.07, 6.45) is 4.30. The van der Waals surface area contributed by atoms with Crippen LogP contribution >= 0.6 is 11.8 Å². The molecular formula is C18H18F4N2O3S. The summed E-state index contributed by atoms with van der Waals surface area (Å²) in [5.41, 5.74) is -1.29. The Morgan fingerprint density at radius 3 is 2.07 bits per heavy atom. The number of halogens is 4. The number of benzene rings is 1. The molecule has 1 saturated heterocycles. The molecule has 2 fully saturated rings. The molecule has 1 aromatic carbocycles. The van der Waals surface area contributed by atoms with Gasteiger partial charge in [0.1, 0.15) is 11.7 Å². The van der Waals surface area contributed by atoms with Crippen LogP contribution in [0.1, 0.15) is 25.7 Å². The van der Waals surface area contributed by atoms with Crippen molar-refractivity contribution in [3.8, 4) is 0 Å². The van der Waals surface area contributed by atoms with Crippen LogP contribution in [-0.2, 0) is 14.4 Å². The average Bonchev–Trinajstić information content (AvgIpc) is 2.92. The Hall–Kier alpha value is -2.10. The molecule has 1 aliphatic carbocycles. The Kier molecular flexibility index (Phi) is 5.97. The molecule has 0 aromatic heterocycles. The highest BCUT2D eigenvalue weighted by atomic mass is 32.2. The lowest BCUT2D eigenvalue weighted by Gasteiger charge is -2.25. The summed E-state index contributed by atoms with van der Waals surface area (Å²) in [5.74, 6) is -9.96. The minimum atomic E-state index is -1.76. The third-order valence-corrected chi connectivity index (χ3v) is 5.82. The van der Waals surface area contributed by atoms with Crippen LogP contribution in [0, 0.1) is 35.1 Å². The molecule has 0 radical (unpaired) electrons. The first kappa shape index (κ1) is 20.6. The Morgan fingerprint density at radius 1 is 1.11 bits per heavy atom. The molecule has 2 aliphatic rings. The molecule has 3 atom stereocenters. The number of anilines is 1. The molecule has 0 spiro atoms. The zero-order valence-corrected chi connectivity index (χ0v) is 15.8. The molecule has 5 nitrogen and oxygen atoms in total. The first-order chi connectivity index (χ1) is 13.3. The molecule has 3 rings (SSSR count). The van der Waals surface area contributed by atoms with E-state index in [9.17, 15) is 31.9 Å². The van der Waals surface area contributed by atoms with E-state index in [0.29, 0.717) is 12.8 Å². The number of carbonyl (C=O) groups is 3. The van der Waals surface area contributed by atoms with Gasteiger partial charge in [-0.1, -0.05) is 12.8 Å². The first-order valence-corrected chi connectivity index (χ1v) is 10.2. The number of hydrogen-bond acceptors (Lipinski definition) is 4. The summed E-state index contributed by atoms with van der Waals surface area (Å²) in [7, 11) is 0. The van der Waals surface area contributed by atoms with Crippen molar-refractivity contribution < 1.29 is 31.9 Å². The molecular weight excluding hydrogens is 400 g/mol. The largest absolute Gasteiger partial charge is 0.319 e. The third-order valence-electron chi connectivity index (χ3n) is 5.17. The lowest BCUT2D eigenvalue weighted by Crippen LogP contribution is -2.49. The van der Waals surface area contributed by atoms with E-state index in [1.807, 2.05) is 5.32 Å². The maximum absolute atomic E-state index is 13.9. The number of nitrogens with zero attached hydrogens (tertiary/aromatic N) is 1. The van der Waals surface area contributed by atoms with Gasteiger partial charge in [0, 0.05) is 11.8 Å². The smallest absolute Gasteiger partial charge is 0.248 e. The van der Waals surface area contributed by atoms with E-state index in [1.165, 1.54) is 0 Å². The molecule has 0 unspecified atom stereocenters. The van der Waals surface area contributed by atoms with Gasteiger partial charge in [-0.3, -0.25) is 19.3 Å². The Balaban J connectivity index is 1.90. The Labute approximate surface area is 162 Å². The number of nitrogens with one attached hydrogen (secondary N) is 1. The second-order valence-electron chi connectivity index (χ2n) is 6.85. The van der Waals surface area contributed by atoms with Crippen molar-refractivity contribution in [3.05, 3.63) is 29.3 Å². The van der Waals surface area contributed by atoms with E-state index < -0.39 is 64.6 Å². The van der Waals surface area contributed by atoms with Gasteiger partial charge in [-0.2, -0.15) is 11.8 Å². The molecule has 28 heavy (non-hydrogen) atoms. The quantitative estimate of drug-likeness (QED) is 0.453. The number of amides is 3. The average molecular weight is 418 g/mol. The Morgan fingerprint density at radius 2 is 1.61 bits per heavy atom. The third kappa shape index (κ3) is 3.49. The van der Waals surface area contributed by atoms with Gasteiger partial charge in [-0.15, -0.1) is 0 Å². The highest BCUT2D eigenvalue weighted by Crippen LogP contribution is 2.39. The molecule has 0 bridgehead atoms. The predicted octanol–water partition coefficient (Wildman–Crippen LogP) is 3.09. The fourth-order valence-corrected chi connectivity index (χ4v) is 4.43. The second kappa shape index (κ2) is 8.10. The van der Waals surface area contributed by atoms with Gasteiger partial charge in [0.2, 0.25) is 17.7 Å². The summed E-state index contributed by atoms with van der Waals surface area (Å²) in [4.78, 5) is 38.9. The van der Waals surface area contributed by atoms with Gasteiger partial charge < -0.3 is 5.32 Å². The van der Waals surface area contributed by atoms with E-state index >= 15 is 0 Å². The van der Waals surface area contributed by atoms with Gasteiger partial charge in [0.05, 0.1) is 11.8 Å². The fraction of sp³-hybridized carbons (Fsp3) is 0.500. The van der Waals surface area contributed by atoms with Gasteiger partial charge in [0.15, 0.2) is 23.3 Å². The minimum absolute atomic E-state index is 0.0240. The minimum Gasteiger partial charge on any atom is -0.319 e. The topological polar surface area (TPSA) is 66.5 Å². The molecule has 3 amide bonds. The van der Waals surface area contributed by atoms with Gasteiger partial charge in [-0.25, -0.2) is 17.6 Å². The van der Waals surface area contributed by atoms with Crippen molar-refractivity contribution in [1.29, 1.82) is 0 Å². The molecule has 152 valence electrons. The molecule has 1 aromatic rings. The fourth-order valence-electron chi connectivity index (χ4n) is 3.81.